The molecule has 1 heterocycles. The predicted octanol–water partition coefficient (Wildman–Crippen LogP) is 2.25. The molecule has 0 N–H and O–H groups in total. The molecule has 4 nitrogen and oxygen atoms in total. The van der Waals surface area contributed by atoms with Crippen molar-refractivity contribution in [2.75, 3.05) is 17.8 Å². The number of aromatic nitrogens is 2. The van der Waals surface area contributed by atoms with Crippen LogP contribution in [0.4, 0.5) is 0 Å². The SMILES string of the molecule is CS(=O)(=O)CCSc1cc(Br)nc(C2CC2)n1. The molecule has 1 aliphatic carbocycles. The Morgan fingerprint density at radius 2 is 2.18 bits per heavy atom. The third-order valence-electron chi connectivity index (χ3n) is 2.34. The molecule has 0 radical (unpaired) electrons. The van der Waals surface area contributed by atoms with E-state index in [1.54, 1.807) is 0 Å². The summed E-state index contributed by atoms with van der Waals surface area (Å²) >= 11 is 4.82. The van der Waals surface area contributed by atoms with Crippen molar-refractivity contribution >= 4 is 37.5 Å². The van der Waals surface area contributed by atoms with Crippen molar-refractivity contribution in [3.05, 3.63) is 16.5 Å². The molecule has 94 valence electrons. The fourth-order valence-corrected chi connectivity index (χ4v) is 3.97. The lowest BCUT2D eigenvalue weighted by Gasteiger charge is -2.03. The third-order valence-corrected chi connectivity index (χ3v) is 4.86. The second-order valence-electron chi connectivity index (χ2n) is 4.14. The van der Waals surface area contributed by atoms with Crippen LogP contribution in [0.1, 0.15) is 24.6 Å². The second-order valence-corrected chi connectivity index (χ2v) is 8.33. The summed E-state index contributed by atoms with van der Waals surface area (Å²) in [5, 5.41) is 0.845. The van der Waals surface area contributed by atoms with Gasteiger partial charge >= 0.3 is 0 Å². The first kappa shape index (κ1) is 13.3. The first-order valence-corrected chi connectivity index (χ1v) is 9.13. The van der Waals surface area contributed by atoms with E-state index in [2.05, 4.69) is 25.9 Å². The van der Waals surface area contributed by atoms with E-state index in [1.807, 2.05) is 6.07 Å². The highest BCUT2D eigenvalue weighted by Crippen LogP contribution is 2.39. The summed E-state index contributed by atoms with van der Waals surface area (Å²) in [4.78, 5) is 8.77. The van der Waals surface area contributed by atoms with Gasteiger partial charge in [-0.05, 0) is 28.8 Å². The van der Waals surface area contributed by atoms with Gasteiger partial charge in [0.2, 0.25) is 0 Å². The van der Waals surface area contributed by atoms with E-state index in [-0.39, 0.29) is 5.75 Å². The van der Waals surface area contributed by atoms with Crippen molar-refractivity contribution in [1.29, 1.82) is 0 Å². The number of rotatable bonds is 5. The van der Waals surface area contributed by atoms with Crippen LogP contribution in [0.2, 0.25) is 0 Å². The lowest BCUT2D eigenvalue weighted by atomic mass is 10.4. The van der Waals surface area contributed by atoms with Crippen molar-refractivity contribution in [1.82, 2.24) is 9.97 Å². The number of sulfone groups is 1. The Morgan fingerprint density at radius 1 is 1.47 bits per heavy atom. The Balaban J connectivity index is 2.00. The van der Waals surface area contributed by atoms with Crippen LogP contribution in [0.5, 0.6) is 0 Å². The van der Waals surface area contributed by atoms with E-state index in [0.29, 0.717) is 11.7 Å². The van der Waals surface area contributed by atoms with Crippen molar-refractivity contribution < 1.29 is 8.42 Å². The number of thioether (sulfide) groups is 1. The van der Waals surface area contributed by atoms with Crippen LogP contribution in [-0.4, -0.2) is 36.1 Å². The maximum atomic E-state index is 11.0. The van der Waals surface area contributed by atoms with E-state index in [9.17, 15) is 8.42 Å². The minimum absolute atomic E-state index is 0.179. The van der Waals surface area contributed by atoms with Crippen LogP contribution in [-0.2, 0) is 9.84 Å². The zero-order valence-electron chi connectivity index (χ0n) is 9.39. The van der Waals surface area contributed by atoms with Gasteiger partial charge in [-0.25, -0.2) is 18.4 Å². The minimum atomic E-state index is -2.89. The molecular weight excluding hydrogens is 324 g/mol. The number of halogens is 1. The second kappa shape index (κ2) is 5.24. The predicted molar refractivity (Wildman–Crippen MR) is 72.1 cm³/mol. The Hall–Kier alpha value is -0.140. The van der Waals surface area contributed by atoms with Crippen LogP contribution in [0.15, 0.2) is 15.7 Å². The van der Waals surface area contributed by atoms with Gasteiger partial charge in [0.15, 0.2) is 0 Å². The largest absolute Gasteiger partial charge is 0.229 e. The lowest BCUT2D eigenvalue weighted by molar-refractivity contribution is 0.603. The summed E-state index contributed by atoms with van der Waals surface area (Å²) in [6.45, 7) is 0. The van der Waals surface area contributed by atoms with Crippen molar-refractivity contribution in [3.8, 4) is 0 Å². The molecule has 0 bridgehead atoms. The molecule has 0 unspecified atom stereocenters. The molecule has 1 aromatic rings. The molecule has 7 heteroatoms. The monoisotopic (exact) mass is 336 g/mol. The van der Waals surface area contributed by atoms with Gasteiger partial charge in [0.25, 0.3) is 0 Å². The summed E-state index contributed by atoms with van der Waals surface area (Å²) in [6, 6.07) is 1.83. The molecule has 0 amide bonds. The molecule has 0 spiro atoms. The highest BCUT2D eigenvalue weighted by Gasteiger charge is 2.27. The van der Waals surface area contributed by atoms with Crippen molar-refractivity contribution in [3.63, 3.8) is 0 Å². The van der Waals surface area contributed by atoms with E-state index in [4.69, 9.17) is 0 Å². The minimum Gasteiger partial charge on any atom is -0.229 e. The molecule has 17 heavy (non-hydrogen) atoms. The Bertz CT molecular complexity index is 515. The van der Waals surface area contributed by atoms with Gasteiger partial charge in [-0.2, -0.15) is 0 Å². The van der Waals surface area contributed by atoms with Crippen LogP contribution in [0.3, 0.4) is 0 Å². The summed E-state index contributed by atoms with van der Waals surface area (Å²) in [5.74, 6) is 2.09. The molecule has 1 aromatic heterocycles. The van der Waals surface area contributed by atoms with Crippen LogP contribution >= 0.6 is 27.7 Å². The quantitative estimate of drug-likeness (QED) is 0.609. The number of hydrogen-bond acceptors (Lipinski definition) is 5. The fraction of sp³-hybridized carbons (Fsp3) is 0.600. The van der Waals surface area contributed by atoms with Gasteiger partial charge in [-0.3, -0.25) is 0 Å². The first-order valence-electron chi connectivity index (χ1n) is 5.29. The maximum Gasteiger partial charge on any atom is 0.148 e. The van der Waals surface area contributed by atoms with Gasteiger partial charge in [0.1, 0.15) is 25.3 Å². The highest BCUT2D eigenvalue weighted by atomic mass is 79.9. The van der Waals surface area contributed by atoms with Crippen LogP contribution in [0.25, 0.3) is 0 Å². The zero-order valence-corrected chi connectivity index (χ0v) is 12.6. The first-order chi connectivity index (χ1) is 7.94. The van der Waals surface area contributed by atoms with Crippen LogP contribution < -0.4 is 0 Å². The highest BCUT2D eigenvalue weighted by molar-refractivity contribution is 9.10. The average molecular weight is 337 g/mol. The number of nitrogens with zero attached hydrogens (tertiary/aromatic N) is 2. The normalized spacial score (nSPS) is 16.1. The number of hydrogen-bond donors (Lipinski definition) is 0. The Kier molecular flexibility index (Phi) is 4.10. The van der Waals surface area contributed by atoms with Crippen LogP contribution in [0, 0.1) is 0 Å². The average Bonchev–Trinajstić information content (AvgIpc) is 2.97. The molecule has 1 fully saturated rings. The Labute approximate surface area is 114 Å². The van der Waals surface area contributed by atoms with Gasteiger partial charge in [-0.1, -0.05) is 0 Å². The van der Waals surface area contributed by atoms with E-state index >= 15 is 0 Å². The third kappa shape index (κ3) is 4.56. The van der Waals surface area contributed by atoms with E-state index in [0.717, 1.165) is 28.3 Å². The molecule has 0 saturated heterocycles. The van der Waals surface area contributed by atoms with Crippen molar-refractivity contribution in [2.24, 2.45) is 0 Å². The van der Waals surface area contributed by atoms with E-state index in [1.165, 1.54) is 18.0 Å². The summed E-state index contributed by atoms with van der Waals surface area (Å²) < 4.78 is 22.8. The lowest BCUT2D eigenvalue weighted by Crippen LogP contribution is -2.05. The fourth-order valence-electron chi connectivity index (χ4n) is 1.31. The Morgan fingerprint density at radius 3 is 2.76 bits per heavy atom. The summed E-state index contributed by atoms with van der Waals surface area (Å²) in [7, 11) is -2.89. The van der Waals surface area contributed by atoms with Gasteiger partial charge in [0, 0.05) is 24.0 Å². The molecule has 2 rings (SSSR count). The van der Waals surface area contributed by atoms with Gasteiger partial charge in [-0.15, -0.1) is 11.8 Å². The molecular formula is C10H13BrN2O2S2. The maximum absolute atomic E-state index is 11.0. The van der Waals surface area contributed by atoms with Crippen molar-refractivity contribution in [2.45, 2.75) is 23.8 Å². The molecule has 0 aromatic carbocycles. The smallest absolute Gasteiger partial charge is 0.148 e. The van der Waals surface area contributed by atoms with Gasteiger partial charge < -0.3 is 0 Å². The molecule has 1 saturated carbocycles. The van der Waals surface area contributed by atoms with E-state index < -0.39 is 9.84 Å². The zero-order chi connectivity index (χ0) is 12.5. The summed E-state index contributed by atoms with van der Waals surface area (Å²) in [5.41, 5.74) is 0. The van der Waals surface area contributed by atoms with Gasteiger partial charge in [0.05, 0.1) is 5.75 Å². The topological polar surface area (TPSA) is 59.9 Å². The molecule has 0 aliphatic heterocycles. The molecule has 1 aliphatic rings. The summed E-state index contributed by atoms with van der Waals surface area (Å²) in [6.07, 6.45) is 3.56. The molecule has 0 atom stereocenters. The standard InChI is InChI=1S/C10H13BrN2O2S2/c1-17(14,15)5-4-16-9-6-8(11)12-10(13-9)7-2-3-7/h6-7H,2-5H2,1H3.